The molecule has 4 nitrogen and oxygen atoms in total. The van der Waals surface area contributed by atoms with Crippen molar-refractivity contribution in [1.82, 2.24) is 9.97 Å². The summed E-state index contributed by atoms with van der Waals surface area (Å²) in [7, 11) is 0. The van der Waals surface area contributed by atoms with Gasteiger partial charge in [0.15, 0.2) is 0 Å². The van der Waals surface area contributed by atoms with Gasteiger partial charge in [-0.15, -0.1) is 0 Å². The predicted molar refractivity (Wildman–Crippen MR) is 75.8 cm³/mol. The van der Waals surface area contributed by atoms with Crippen LogP contribution in [0.25, 0.3) is 0 Å². The van der Waals surface area contributed by atoms with Gasteiger partial charge >= 0.3 is 0 Å². The van der Waals surface area contributed by atoms with Crippen LogP contribution in [0.1, 0.15) is 52.0 Å². The summed E-state index contributed by atoms with van der Waals surface area (Å²) in [6.45, 7) is 11.1. The molecule has 2 N–H and O–H groups in total. The summed E-state index contributed by atoms with van der Waals surface area (Å²) >= 11 is 0. The molecule has 1 aromatic heterocycles. The maximum Gasteiger partial charge on any atom is 0.137 e. The number of nitrogens with zero attached hydrogens (tertiary/aromatic N) is 3. The molecular formula is C14H24N4. The second kappa shape index (κ2) is 4.75. The topological polar surface area (TPSA) is 55.0 Å². The number of rotatable bonds is 2. The van der Waals surface area contributed by atoms with Gasteiger partial charge in [0, 0.05) is 18.7 Å². The predicted octanol–water partition coefficient (Wildman–Crippen LogP) is 2.81. The van der Waals surface area contributed by atoms with E-state index in [0.29, 0.717) is 17.2 Å². The third-order valence-corrected chi connectivity index (χ3v) is 3.89. The van der Waals surface area contributed by atoms with Crippen LogP contribution in [0.3, 0.4) is 0 Å². The van der Waals surface area contributed by atoms with Crippen LogP contribution in [0.15, 0.2) is 6.33 Å². The Morgan fingerprint density at radius 1 is 1.22 bits per heavy atom. The van der Waals surface area contributed by atoms with Crippen LogP contribution in [-0.4, -0.2) is 23.1 Å². The van der Waals surface area contributed by atoms with Gasteiger partial charge in [-0.3, -0.25) is 0 Å². The summed E-state index contributed by atoms with van der Waals surface area (Å²) in [4.78, 5) is 11.0. The molecule has 4 heteroatoms. The molecule has 1 fully saturated rings. The Morgan fingerprint density at radius 3 is 2.39 bits per heavy atom. The summed E-state index contributed by atoms with van der Waals surface area (Å²) in [6.07, 6.45) is 3.99. The normalized spacial score (nSPS) is 19.3. The number of nitrogen functional groups attached to an aromatic ring is 1. The molecule has 18 heavy (non-hydrogen) atoms. The molecule has 1 aliphatic rings. The van der Waals surface area contributed by atoms with Gasteiger partial charge in [-0.2, -0.15) is 0 Å². The molecule has 0 aliphatic carbocycles. The number of piperidine rings is 1. The first-order chi connectivity index (χ1) is 8.41. The minimum Gasteiger partial charge on any atom is -0.383 e. The van der Waals surface area contributed by atoms with Gasteiger partial charge < -0.3 is 10.6 Å². The second-order valence-electron chi connectivity index (χ2n) is 6.30. The van der Waals surface area contributed by atoms with Crippen molar-refractivity contribution in [2.24, 2.45) is 5.41 Å². The molecule has 0 amide bonds. The summed E-state index contributed by atoms with van der Waals surface area (Å²) in [5.41, 5.74) is 7.55. The van der Waals surface area contributed by atoms with Crippen LogP contribution < -0.4 is 10.6 Å². The monoisotopic (exact) mass is 248 g/mol. The zero-order valence-electron chi connectivity index (χ0n) is 11.9. The van der Waals surface area contributed by atoms with E-state index in [1.54, 1.807) is 6.33 Å². The first kappa shape index (κ1) is 13.1. The van der Waals surface area contributed by atoms with Crippen LogP contribution in [0, 0.1) is 5.41 Å². The maximum absolute atomic E-state index is 6.00. The maximum atomic E-state index is 6.00. The summed E-state index contributed by atoms with van der Waals surface area (Å²) in [6, 6.07) is 0. The van der Waals surface area contributed by atoms with Crippen molar-refractivity contribution in [1.29, 1.82) is 0 Å². The highest BCUT2D eigenvalue weighted by Gasteiger charge is 2.28. The third kappa shape index (κ3) is 2.57. The fourth-order valence-corrected chi connectivity index (χ4v) is 2.53. The number of nitrogens with two attached hydrogens (primary N) is 1. The van der Waals surface area contributed by atoms with Crippen LogP contribution in [0.2, 0.25) is 0 Å². The Kier molecular flexibility index (Phi) is 3.46. The lowest BCUT2D eigenvalue weighted by Gasteiger charge is -2.38. The summed E-state index contributed by atoms with van der Waals surface area (Å²) in [5.74, 6) is 2.02. The number of anilines is 2. The summed E-state index contributed by atoms with van der Waals surface area (Å²) < 4.78 is 0. The van der Waals surface area contributed by atoms with Crippen molar-refractivity contribution in [3.05, 3.63) is 11.9 Å². The van der Waals surface area contributed by atoms with E-state index >= 15 is 0 Å². The van der Waals surface area contributed by atoms with E-state index in [9.17, 15) is 0 Å². The van der Waals surface area contributed by atoms with Gasteiger partial charge in [-0.1, -0.05) is 27.7 Å². The van der Waals surface area contributed by atoms with Crippen molar-refractivity contribution >= 4 is 11.6 Å². The highest BCUT2D eigenvalue weighted by atomic mass is 15.2. The van der Waals surface area contributed by atoms with Gasteiger partial charge in [0.1, 0.15) is 18.0 Å². The first-order valence-corrected chi connectivity index (χ1v) is 6.76. The highest BCUT2D eigenvalue weighted by Crippen LogP contribution is 2.35. The van der Waals surface area contributed by atoms with Crippen molar-refractivity contribution in [3.63, 3.8) is 0 Å². The van der Waals surface area contributed by atoms with Gasteiger partial charge in [-0.25, -0.2) is 9.97 Å². The molecule has 0 spiro atoms. The Morgan fingerprint density at radius 2 is 1.83 bits per heavy atom. The van der Waals surface area contributed by atoms with E-state index in [2.05, 4.69) is 42.6 Å². The van der Waals surface area contributed by atoms with Gasteiger partial charge in [0.2, 0.25) is 0 Å². The molecule has 0 unspecified atom stereocenters. The Labute approximate surface area is 110 Å². The Balaban J connectivity index is 2.27. The van der Waals surface area contributed by atoms with E-state index in [1.165, 1.54) is 12.8 Å². The molecule has 0 aromatic carbocycles. The van der Waals surface area contributed by atoms with Crippen LogP contribution in [0.5, 0.6) is 0 Å². The van der Waals surface area contributed by atoms with E-state index in [4.69, 9.17) is 5.73 Å². The van der Waals surface area contributed by atoms with E-state index in [0.717, 1.165) is 24.5 Å². The van der Waals surface area contributed by atoms with E-state index in [1.807, 2.05) is 0 Å². The Bertz CT molecular complexity index is 416. The van der Waals surface area contributed by atoms with Crippen molar-refractivity contribution in [3.8, 4) is 0 Å². The average molecular weight is 248 g/mol. The van der Waals surface area contributed by atoms with Gasteiger partial charge in [0.25, 0.3) is 0 Å². The lowest BCUT2D eigenvalue weighted by molar-refractivity contribution is 0.279. The van der Waals surface area contributed by atoms with Crippen LogP contribution in [-0.2, 0) is 0 Å². The zero-order valence-corrected chi connectivity index (χ0v) is 11.9. The number of aromatic nitrogens is 2. The van der Waals surface area contributed by atoms with Crippen molar-refractivity contribution < 1.29 is 0 Å². The molecule has 1 aliphatic heterocycles. The molecule has 0 atom stereocenters. The first-order valence-electron chi connectivity index (χ1n) is 6.76. The van der Waals surface area contributed by atoms with Crippen LogP contribution >= 0.6 is 0 Å². The number of hydrogen-bond acceptors (Lipinski definition) is 4. The smallest absolute Gasteiger partial charge is 0.137 e. The van der Waals surface area contributed by atoms with Crippen LogP contribution in [0.4, 0.5) is 11.6 Å². The fourth-order valence-electron chi connectivity index (χ4n) is 2.53. The second-order valence-corrected chi connectivity index (χ2v) is 6.30. The molecular weight excluding hydrogens is 224 g/mol. The third-order valence-electron chi connectivity index (χ3n) is 3.89. The van der Waals surface area contributed by atoms with Gasteiger partial charge in [-0.05, 0) is 24.2 Å². The molecule has 100 valence electrons. The van der Waals surface area contributed by atoms with Crippen molar-refractivity contribution in [2.75, 3.05) is 23.7 Å². The molecule has 2 rings (SSSR count). The molecule has 2 heterocycles. The zero-order chi connectivity index (χ0) is 13.3. The minimum atomic E-state index is 0.358. The SMILES string of the molecule is CC(C)c1c(N)ncnc1N1CCC(C)(C)CC1. The molecule has 1 aromatic rings. The summed E-state index contributed by atoms with van der Waals surface area (Å²) in [5, 5.41) is 0. The Hall–Kier alpha value is -1.32. The largest absolute Gasteiger partial charge is 0.383 e. The molecule has 1 saturated heterocycles. The van der Waals surface area contributed by atoms with Crippen molar-refractivity contribution in [2.45, 2.75) is 46.5 Å². The van der Waals surface area contributed by atoms with E-state index in [-0.39, 0.29) is 0 Å². The van der Waals surface area contributed by atoms with E-state index < -0.39 is 0 Å². The molecule has 0 bridgehead atoms. The minimum absolute atomic E-state index is 0.358. The standard InChI is InChI=1S/C14H24N4/c1-10(2)11-12(15)16-9-17-13(11)18-7-5-14(3,4)6-8-18/h9-10H,5-8H2,1-4H3,(H2,15,16,17). The number of hydrogen-bond donors (Lipinski definition) is 1. The lowest BCUT2D eigenvalue weighted by atomic mass is 9.82. The fraction of sp³-hybridized carbons (Fsp3) is 0.714. The average Bonchev–Trinajstić information content (AvgIpc) is 2.28. The van der Waals surface area contributed by atoms with Gasteiger partial charge in [0.05, 0.1) is 0 Å². The molecule has 0 saturated carbocycles. The lowest BCUT2D eigenvalue weighted by Crippen LogP contribution is -2.38. The highest BCUT2D eigenvalue weighted by molar-refractivity contribution is 5.58. The quantitative estimate of drug-likeness (QED) is 0.874. The molecule has 0 radical (unpaired) electrons.